The highest BCUT2D eigenvalue weighted by molar-refractivity contribution is 9.11. The number of aliphatic hydroxyl groups excluding tert-OH is 1. The van der Waals surface area contributed by atoms with Gasteiger partial charge in [-0.2, -0.15) is 5.26 Å². The van der Waals surface area contributed by atoms with Crippen molar-refractivity contribution in [1.29, 1.82) is 5.26 Å². The number of nitriles is 1. The summed E-state index contributed by atoms with van der Waals surface area (Å²) in [6.45, 7) is 0. The van der Waals surface area contributed by atoms with Crippen LogP contribution in [-0.2, 0) is 4.79 Å². The standard InChI is InChI=1S/C9H5Br2NO3/c10-6-1-4(8(13)9(14)15)2-7(11)5(6)3-12/h1-2,8,13H,(H,14,15). The Hall–Kier alpha value is -0.900. The lowest BCUT2D eigenvalue weighted by molar-refractivity contribution is -0.146. The molecule has 0 aromatic heterocycles. The van der Waals surface area contributed by atoms with Crippen molar-refractivity contribution in [2.24, 2.45) is 0 Å². The van der Waals surface area contributed by atoms with Gasteiger partial charge in [0.05, 0.1) is 5.56 Å². The summed E-state index contributed by atoms with van der Waals surface area (Å²) in [6, 6.07) is 4.75. The predicted molar refractivity (Wildman–Crippen MR) is 59.2 cm³/mol. The number of hydrogen-bond acceptors (Lipinski definition) is 3. The van der Waals surface area contributed by atoms with Gasteiger partial charge in [-0.15, -0.1) is 0 Å². The van der Waals surface area contributed by atoms with E-state index in [9.17, 15) is 9.90 Å². The molecule has 0 radical (unpaired) electrons. The molecule has 1 unspecified atom stereocenters. The Labute approximate surface area is 102 Å². The molecule has 2 N–H and O–H groups in total. The molecular weight excluding hydrogens is 330 g/mol. The molecule has 0 spiro atoms. The fourth-order valence-corrected chi connectivity index (χ4v) is 2.40. The molecule has 15 heavy (non-hydrogen) atoms. The number of halogens is 2. The van der Waals surface area contributed by atoms with Gasteiger partial charge in [0, 0.05) is 8.95 Å². The van der Waals surface area contributed by atoms with E-state index in [1.807, 2.05) is 6.07 Å². The van der Waals surface area contributed by atoms with Crippen LogP contribution in [0, 0.1) is 11.3 Å². The maximum absolute atomic E-state index is 10.5. The van der Waals surface area contributed by atoms with Crippen molar-refractivity contribution in [3.63, 3.8) is 0 Å². The van der Waals surface area contributed by atoms with E-state index >= 15 is 0 Å². The minimum absolute atomic E-state index is 0.209. The van der Waals surface area contributed by atoms with E-state index in [2.05, 4.69) is 31.9 Å². The van der Waals surface area contributed by atoms with Crippen LogP contribution < -0.4 is 0 Å². The van der Waals surface area contributed by atoms with Crippen molar-refractivity contribution in [3.8, 4) is 6.07 Å². The zero-order valence-corrected chi connectivity index (χ0v) is 10.4. The van der Waals surface area contributed by atoms with Crippen molar-refractivity contribution >= 4 is 37.8 Å². The van der Waals surface area contributed by atoms with E-state index in [0.717, 1.165) is 0 Å². The van der Waals surface area contributed by atoms with E-state index in [0.29, 0.717) is 14.5 Å². The van der Waals surface area contributed by atoms with Crippen LogP contribution >= 0.6 is 31.9 Å². The van der Waals surface area contributed by atoms with Gasteiger partial charge >= 0.3 is 5.97 Å². The monoisotopic (exact) mass is 333 g/mol. The normalized spacial score (nSPS) is 11.9. The molecular formula is C9H5Br2NO3. The number of nitrogens with zero attached hydrogens (tertiary/aromatic N) is 1. The fraction of sp³-hybridized carbons (Fsp3) is 0.111. The maximum atomic E-state index is 10.5. The van der Waals surface area contributed by atoms with Gasteiger partial charge in [-0.05, 0) is 49.6 Å². The molecule has 6 heteroatoms. The molecule has 1 aromatic rings. The Balaban J connectivity index is 3.27. The van der Waals surface area contributed by atoms with Crippen LogP contribution in [0.1, 0.15) is 17.2 Å². The highest BCUT2D eigenvalue weighted by atomic mass is 79.9. The van der Waals surface area contributed by atoms with E-state index < -0.39 is 12.1 Å². The Bertz CT molecular complexity index is 430. The van der Waals surface area contributed by atoms with Gasteiger partial charge in [0.15, 0.2) is 6.10 Å². The first-order valence-electron chi connectivity index (χ1n) is 3.77. The van der Waals surface area contributed by atoms with E-state index in [1.165, 1.54) is 12.1 Å². The quantitative estimate of drug-likeness (QED) is 0.868. The summed E-state index contributed by atoms with van der Waals surface area (Å²) >= 11 is 6.24. The first-order valence-corrected chi connectivity index (χ1v) is 5.36. The molecule has 0 saturated carbocycles. The van der Waals surface area contributed by atoms with Crippen molar-refractivity contribution in [1.82, 2.24) is 0 Å². The Kier molecular flexibility index (Phi) is 3.85. The molecule has 1 atom stereocenters. The number of carboxylic acid groups (broad SMARTS) is 1. The first-order chi connectivity index (χ1) is 6.97. The molecule has 0 aliphatic carbocycles. The number of carboxylic acids is 1. The lowest BCUT2D eigenvalue weighted by atomic mass is 10.1. The smallest absolute Gasteiger partial charge is 0.337 e. The molecule has 0 aliphatic rings. The summed E-state index contributed by atoms with van der Waals surface area (Å²) in [6.07, 6.45) is -1.59. The topological polar surface area (TPSA) is 81.3 Å². The third-order valence-electron chi connectivity index (χ3n) is 1.73. The van der Waals surface area contributed by atoms with E-state index in [1.54, 1.807) is 0 Å². The second-order valence-electron chi connectivity index (χ2n) is 2.71. The van der Waals surface area contributed by atoms with Gasteiger partial charge in [-0.1, -0.05) is 0 Å². The van der Waals surface area contributed by atoms with Gasteiger partial charge in [-0.3, -0.25) is 0 Å². The lowest BCUT2D eigenvalue weighted by Crippen LogP contribution is -2.10. The van der Waals surface area contributed by atoms with E-state index in [4.69, 9.17) is 10.4 Å². The Morgan fingerprint density at radius 2 is 1.87 bits per heavy atom. The van der Waals surface area contributed by atoms with Crippen molar-refractivity contribution in [3.05, 3.63) is 32.2 Å². The molecule has 0 fully saturated rings. The second kappa shape index (κ2) is 4.75. The lowest BCUT2D eigenvalue weighted by Gasteiger charge is -2.08. The Morgan fingerprint density at radius 3 is 2.20 bits per heavy atom. The number of rotatable bonds is 2. The van der Waals surface area contributed by atoms with Gasteiger partial charge in [0.25, 0.3) is 0 Å². The largest absolute Gasteiger partial charge is 0.479 e. The molecule has 0 heterocycles. The number of benzene rings is 1. The van der Waals surface area contributed by atoms with Crippen LogP contribution in [0.2, 0.25) is 0 Å². The van der Waals surface area contributed by atoms with Crippen LogP contribution in [0.25, 0.3) is 0 Å². The number of aliphatic carboxylic acids is 1. The van der Waals surface area contributed by atoms with Crippen molar-refractivity contribution < 1.29 is 15.0 Å². The minimum atomic E-state index is -1.59. The first kappa shape index (κ1) is 12.2. The van der Waals surface area contributed by atoms with Crippen LogP contribution in [0.4, 0.5) is 0 Å². The zero-order valence-electron chi connectivity index (χ0n) is 7.24. The predicted octanol–water partition coefficient (Wildman–Crippen LogP) is 2.20. The summed E-state index contributed by atoms with van der Waals surface area (Å²) in [7, 11) is 0. The summed E-state index contributed by atoms with van der Waals surface area (Å²) in [5.74, 6) is -1.33. The average Bonchev–Trinajstić information content (AvgIpc) is 2.15. The summed E-state index contributed by atoms with van der Waals surface area (Å²) in [4.78, 5) is 10.5. The van der Waals surface area contributed by atoms with E-state index in [-0.39, 0.29) is 5.56 Å². The molecule has 1 rings (SSSR count). The molecule has 0 aliphatic heterocycles. The summed E-state index contributed by atoms with van der Waals surface area (Å²) < 4.78 is 0.879. The van der Waals surface area contributed by atoms with Crippen LogP contribution in [0.15, 0.2) is 21.1 Å². The average molecular weight is 335 g/mol. The SMILES string of the molecule is N#Cc1c(Br)cc(C(O)C(=O)O)cc1Br. The Morgan fingerprint density at radius 1 is 1.40 bits per heavy atom. The van der Waals surface area contributed by atoms with Gasteiger partial charge in [0.1, 0.15) is 6.07 Å². The molecule has 0 amide bonds. The summed E-state index contributed by atoms with van der Waals surface area (Å²) in [5.41, 5.74) is 0.566. The maximum Gasteiger partial charge on any atom is 0.337 e. The molecule has 4 nitrogen and oxygen atoms in total. The van der Waals surface area contributed by atoms with Crippen LogP contribution in [-0.4, -0.2) is 16.2 Å². The summed E-state index contributed by atoms with van der Waals surface area (Å²) in [5, 5.41) is 26.6. The van der Waals surface area contributed by atoms with Gasteiger partial charge in [-0.25, -0.2) is 4.79 Å². The molecule has 78 valence electrons. The van der Waals surface area contributed by atoms with Crippen LogP contribution in [0.5, 0.6) is 0 Å². The van der Waals surface area contributed by atoms with Crippen molar-refractivity contribution in [2.75, 3.05) is 0 Å². The third kappa shape index (κ3) is 2.56. The molecule has 0 saturated heterocycles. The minimum Gasteiger partial charge on any atom is -0.479 e. The van der Waals surface area contributed by atoms with Gasteiger partial charge in [0.2, 0.25) is 0 Å². The molecule has 1 aromatic carbocycles. The second-order valence-corrected chi connectivity index (χ2v) is 4.42. The van der Waals surface area contributed by atoms with Crippen molar-refractivity contribution in [2.45, 2.75) is 6.10 Å². The van der Waals surface area contributed by atoms with Crippen LogP contribution in [0.3, 0.4) is 0 Å². The number of carbonyl (C=O) groups is 1. The number of hydrogen-bond donors (Lipinski definition) is 2. The highest BCUT2D eigenvalue weighted by Gasteiger charge is 2.18. The number of aliphatic hydroxyl groups is 1. The fourth-order valence-electron chi connectivity index (χ4n) is 1.000. The third-order valence-corrected chi connectivity index (χ3v) is 2.98. The zero-order chi connectivity index (χ0) is 11.6. The van der Waals surface area contributed by atoms with Gasteiger partial charge < -0.3 is 10.2 Å². The highest BCUT2D eigenvalue weighted by Crippen LogP contribution is 2.29. The molecule has 0 bridgehead atoms.